The molecule has 0 unspecified atom stereocenters. The second-order valence-corrected chi connectivity index (χ2v) is 6.39. The smallest absolute Gasteiger partial charge is 0.200 e. The zero-order chi connectivity index (χ0) is 17.1. The van der Waals surface area contributed by atoms with E-state index < -0.39 is 21.9 Å². The van der Waals surface area contributed by atoms with Crippen LogP contribution >= 0.6 is 0 Å². The van der Waals surface area contributed by atoms with Crippen molar-refractivity contribution in [2.45, 2.75) is 18.0 Å². The summed E-state index contributed by atoms with van der Waals surface area (Å²) >= 11 is 0. The van der Waals surface area contributed by atoms with Crippen LogP contribution < -0.4 is 4.83 Å². The molecule has 2 aromatic carbocycles. The van der Waals surface area contributed by atoms with Gasteiger partial charge >= 0.3 is 6.18 Å². The van der Waals surface area contributed by atoms with Crippen LogP contribution in [0.3, 0.4) is 0 Å². The molecule has 0 aliphatic heterocycles. The van der Waals surface area contributed by atoms with Crippen molar-refractivity contribution in [2.24, 2.45) is 5.10 Å². The van der Waals surface area contributed by atoms with Gasteiger partial charge in [0.25, 0.3) is 10.0 Å². The number of sulfonamides is 1. The number of hydrazone groups is 1. The predicted molar refractivity (Wildman–Crippen MR) is 80.5 cm³/mol. The molecule has 0 aliphatic carbocycles. The highest BCUT2D eigenvalue weighted by atomic mass is 32.2. The Morgan fingerprint density at radius 1 is 1.00 bits per heavy atom. The molecule has 23 heavy (non-hydrogen) atoms. The number of benzene rings is 2. The zero-order valence-corrected chi connectivity index (χ0v) is 12.8. The molecule has 0 heterocycles. The molecule has 2 aromatic rings. The van der Waals surface area contributed by atoms with E-state index in [0.717, 1.165) is 5.56 Å². The normalized spacial score (nSPS) is 13.0. The van der Waals surface area contributed by atoms with E-state index in [1.54, 1.807) is 30.0 Å². The van der Waals surface area contributed by atoms with Gasteiger partial charge in [-0.1, -0.05) is 48.0 Å². The van der Waals surface area contributed by atoms with Crippen LogP contribution in [-0.4, -0.2) is 20.3 Å². The van der Waals surface area contributed by atoms with Crippen LogP contribution in [-0.2, 0) is 10.0 Å². The average molecular weight is 342 g/mol. The van der Waals surface area contributed by atoms with E-state index in [2.05, 4.69) is 5.10 Å². The van der Waals surface area contributed by atoms with Crippen molar-refractivity contribution in [3.8, 4) is 0 Å². The number of alkyl halides is 3. The third-order valence-corrected chi connectivity index (χ3v) is 4.15. The minimum absolute atomic E-state index is 0.165. The molecular formula is C15H13F3N2O2S. The van der Waals surface area contributed by atoms with E-state index in [0.29, 0.717) is 0 Å². The van der Waals surface area contributed by atoms with Crippen LogP contribution in [0.15, 0.2) is 64.6 Å². The summed E-state index contributed by atoms with van der Waals surface area (Å²) in [5, 5.41) is 3.09. The molecule has 1 N–H and O–H groups in total. The third kappa shape index (κ3) is 4.32. The molecule has 0 saturated carbocycles. The summed E-state index contributed by atoms with van der Waals surface area (Å²) in [5.74, 6) is 0. The van der Waals surface area contributed by atoms with E-state index in [1.807, 2.05) is 0 Å². The average Bonchev–Trinajstić information content (AvgIpc) is 2.47. The van der Waals surface area contributed by atoms with Gasteiger partial charge in [0.05, 0.1) is 4.90 Å². The first-order chi connectivity index (χ1) is 10.7. The quantitative estimate of drug-likeness (QED) is 0.685. The van der Waals surface area contributed by atoms with Gasteiger partial charge in [-0.3, -0.25) is 0 Å². The van der Waals surface area contributed by atoms with Gasteiger partial charge < -0.3 is 0 Å². The van der Waals surface area contributed by atoms with Crippen molar-refractivity contribution in [1.82, 2.24) is 4.83 Å². The molecule has 0 amide bonds. The largest absolute Gasteiger partial charge is 0.435 e. The first-order valence-electron chi connectivity index (χ1n) is 6.49. The van der Waals surface area contributed by atoms with E-state index in [9.17, 15) is 21.6 Å². The Bertz CT molecular complexity index is 799. The first-order valence-corrected chi connectivity index (χ1v) is 7.97. The predicted octanol–water partition coefficient (Wildman–Crippen LogP) is 3.24. The summed E-state index contributed by atoms with van der Waals surface area (Å²) in [4.78, 5) is 1.47. The summed E-state index contributed by atoms with van der Waals surface area (Å²) in [6.45, 7) is 1.76. The van der Waals surface area contributed by atoms with Crippen molar-refractivity contribution < 1.29 is 21.6 Å². The maximum atomic E-state index is 13.1. The maximum absolute atomic E-state index is 13.1. The topological polar surface area (TPSA) is 58.5 Å². The molecule has 0 fully saturated rings. The fraction of sp³-hybridized carbons (Fsp3) is 0.133. The van der Waals surface area contributed by atoms with Gasteiger partial charge in [0.15, 0.2) is 5.71 Å². The van der Waals surface area contributed by atoms with Gasteiger partial charge in [-0.2, -0.15) is 31.5 Å². The Hall–Kier alpha value is -2.35. The lowest BCUT2D eigenvalue weighted by Crippen LogP contribution is -2.29. The first kappa shape index (κ1) is 17.0. The molecule has 2 rings (SSSR count). The Balaban J connectivity index is 2.36. The fourth-order valence-electron chi connectivity index (χ4n) is 1.76. The number of hydrogen-bond donors (Lipinski definition) is 1. The minimum Gasteiger partial charge on any atom is -0.200 e. The molecule has 0 aliphatic rings. The molecule has 0 bridgehead atoms. The van der Waals surface area contributed by atoms with Crippen LogP contribution in [0.5, 0.6) is 0 Å². The van der Waals surface area contributed by atoms with Crippen LogP contribution in [0.25, 0.3) is 0 Å². The summed E-state index contributed by atoms with van der Waals surface area (Å²) in [7, 11) is -4.18. The number of nitrogens with one attached hydrogen (secondary N) is 1. The van der Waals surface area contributed by atoms with Gasteiger partial charge in [0.2, 0.25) is 0 Å². The summed E-state index contributed by atoms with van der Waals surface area (Å²) in [6.07, 6.45) is -4.79. The number of nitrogens with zero attached hydrogens (tertiary/aromatic N) is 1. The number of rotatable bonds is 4. The molecule has 4 nitrogen and oxygen atoms in total. The second-order valence-electron chi connectivity index (χ2n) is 4.73. The Morgan fingerprint density at radius 2 is 1.57 bits per heavy atom. The lowest BCUT2D eigenvalue weighted by atomic mass is 10.1. The van der Waals surface area contributed by atoms with E-state index >= 15 is 0 Å². The Labute approximate surface area is 131 Å². The maximum Gasteiger partial charge on any atom is 0.435 e. The minimum atomic E-state index is -4.79. The van der Waals surface area contributed by atoms with Gasteiger partial charge in [-0.05, 0) is 19.1 Å². The monoisotopic (exact) mass is 342 g/mol. The van der Waals surface area contributed by atoms with E-state index in [1.165, 1.54) is 36.4 Å². The molecule has 0 saturated heterocycles. The van der Waals surface area contributed by atoms with E-state index in [4.69, 9.17) is 0 Å². The van der Waals surface area contributed by atoms with Gasteiger partial charge in [-0.25, -0.2) is 0 Å². The standard InChI is InChI=1S/C15H13F3N2O2S/c1-11-7-9-13(10-8-11)23(21,22)20-19-14(15(16,17)18)12-5-3-2-4-6-12/h2-10,20H,1H3/b19-14-. The Kier molecular flexibility index (Phi) is 4.74. The van der Waals surface area contributed by atoms with Crippen molar-refractivity contribution >= 4 is 15.7 Å². The SMILES string of the molecule is Cc1ccc(S(=O)(=O)N/N=C(/c2ccccc2)C(F)(F)F)cc1. The van der Waals surface area contributed by atoms with Crippen molar-refractivity contribution in [2.75, 3.05) is 0 Å². The van der Waals surface area contributed by atoms with Crippen molar-refractivity contribution in [1.29, 1.82) is 0 Å². The molecule has 0 atom stereocenters. The second kappa shape index (κ2) is 6.41. The Morgan fingerprint density at radius 3 is 2.09 bits per heavy atom. The molecule has 0 aromatic heterocycles. The number of hydrogen-bond acceptors (Lipinski definition) is 3. The fourth-order valence-corrected chi connectivity index (χ4v) is 2.57. The lowest BCUT2D eigenvalue weighted by molar-refractivity contribution is -0.0583. The number of aryl methyl sites for hydroxylation is 1. The van der Waals surface area contributed by atoms with Gasteiger partial charge in [0, 0.05) is 5.56 Å². The summed E-state index contributed by atoms with van der Waals surface area (Å²) in [5.41, 5.74) is -0.715. The van der Waals surface area contributed by atoms with Crippen LogP contribution in [0.4, 0.5) is 13.2 Å². The molecule has 122 valence electrons. The molecule has 0 spiro atoms. The summed E-state index contributed by atoms with van der Waals surface area (Å²) < 4.78 is 63.3. The summed E-state index contributed by atoms with van der Waals surface area (Å²) in [6, 6.07) is 12.4. The number of halogens is 3. The zero-order valence-electron chi connectivity index (χ0n) is 12.0. The van der Waals surface area contributed by atoms with Crippen LogP contribution in [0.2, 0.25) is 0 Å². The molecule has 8 heteroatoms. The highest BCUT2D eigenvalue weighted by molar-refractivity contribution is 7.89. The molecular weight excluding hydrogens is 329 g/mol. The highest BCUT2D eigenvalue weighted by Gasteiger charge is 2.37. The van der Waals surface area contributed by atoms with E-state index in [-0.39, 0.29) is 10.5 Å². The van der Waals surface area contributed by atoms with Crippen molar-refractivity contribution in [3.63, 3.8) is 0 Å². The lowest BCUT2D eigenvalue weighted by Gasteiger charge is -2.11. The van der Waals surface area contributed by atoms with Gasteiger partial charge in [0.1, 0.15) is 0 Å². The van der Waals surface area contributed by atoms with Crippen molar-refractivity contribution in [3.05, 3.63) is 65.7 Å². The van der Waals surface area contributed by atoms with Crippen LogP contribution in [0, 0.1) is 6.92 Å². The highest BCUT2D eigenvalue weighted by Crippen LogP contribution is 2.22. The van der Waals surface area contributed by atoms with Crippen LogP contribution in [0.1, 0.15) is 11.1 Å². The molecule has 0 radical (unpaired) electrons. The third-order valence-electron chi connectivity index (χ3n) is 2.92. The van der Waals surface area contributed by atoms with Gasteiger partial charge in [-0.15, -0.1) is 0 Å².